The average molecular weight is 186 g/mol. The molecule has 0 heterocycles. The molecule has 2 N–H and O–H groups in total. The lowest BCUT2D eigenvalue weighted by Crippen LogP contribution is -2.35. The second-order valence-corrected chi connectivity index (χ2v) is 4.31. The van der Waals surface area contributed by atoms with Crippen molar-refractivity contribution >= 4 is 5.97 Å². The van der Waals surface area contributed by atoms with Gasteiger partial charge in [0, 0.05) is 6.42 Å². The summed E-state index contributed by atoms with van der Waals surface area (Å²) in [5.74, 6) is -0.765. The highest BCUT2D eigenvalue weighted by Crippen LogP contribution is 2.39. The summed E-state index contributed by atoms with van der Waals surface area (Å²) < 4.78 is 0. The highest BCUT2D eigenvalue weighted by atomic mass is 16.4. The minimum absolute atomic E-state index is 0.156. The molecular formula is C10H18O3. The molecular weight excluding hydrogens is 168 g/mol. The largest absolute Gasteiger partial charge is 0.481 e. The quantitative estimate of drug-likeness (QED) is 0.706. The molecule has 1 fully saturated rings. The van der Waals surface area contributed by atoms with Gasteiger partial charge in [0.25, 0.3) is 0 Å². The number of carboxylic acid groups (broad SMARTS) is 1. The van der Waals surface area contributed by atoms with E-state index < -0.39 is 5.97 Å². The number of hydrogen-bond acceptors (Lipinski definition) is 2. The summed E-state index contributed by atoms with van der Waals surface area (Å²) in [5.41, 5.74) is -0.156. The van der Waals surface area contributed by atoms with Crippen LogP contribution in [0.4, 0.5) is 0 Å². The predicted molar refractivity (Wildman–Crippen MR) is 49.5 cm³/mol. The predicted octanol–water partition coefficient (Wildman–Crippen LogP) is 1.79. The lowest BCUT2D eigenvalue weighted by Gasteiger charge is -2.38. The fraction of sp³-hybridized carbons (Fsp3) is 0.900. The molecule has 0 aromatic heterocycles. The Bertz CT molecular complexity index is 191. The highest BCUT2D eigenvalue weighted by molar-refractivity contribution is 5.66. The van der Waals surface area contributed by atoms with Crippen molar-refractivity contribution in [1.29, 1.82) is 0 Å². The second-order valence-electron chi connectivity index (χ2n) is 4.31. The number of aliphatic hydroxyl groups excluding tert-OH is 1. The molecule has 76 valence electrons. The van der Waals surface area contributed by atoms with E-state index >= 15 is 0 Å². The van der Waals surface area contributed by atoms with Crippen molar-refractivity contribution in [3.05, 3.63) is 0 Å². The Balaban J connectivity index is 2.46. The van der Waals surface area contributed by atoms with E-state index in [-0.39, 0.29) is 17.9 Å². The zero-order valence-corrected chi connectivity index (χ0v) is 8.12. The molecule has 0 spiro atoms. The molecule has 0 aromatic rings. The topological polar surface area (TPSA) is 57.5 Å². The van der Waals surface area contributed by atoms with Crippen LogP contribution in [0.3, 0.4) is 0 Å². The Hall–Kier alpha value is -0.570. The Kier molecular flexibility index (Phi) is 3.31. The molecule has 0 bridgehead atoms. The minimum atomic E-state index is -0.765. The Morgan fingerprint density at radius 3 is 2.77 bits per heavy atom. The maximum absolute atomic E-state index is 10.4. The molecule has 1 rings (SSSR count). The van der Waals surface area contributed by atoms with Crippen LogP contribution in [0.25, 0.3) is 0 Å². The number of carbonyl (C=O) groups is 1. The lowest BCUT2D eigenvalue weighted by atomic mass is 9.70. The van der Waals surface area contributed by atoms with Crippen LogP contribution in [0.5, 0.6) is 0 Å². The Labute approximate surface area is 78.8 Å². The monoisotopic (exact) mass is 186 g/mol. The summed E-state index contributed by atoms with van der Waals surface area (Å²) >= 11 is 0. The van der Waals surface area contributed by atoms with Crippen molar-refractivity contribution in [3.8, 4) is 0 Å². The van der Waals surface area contributed by atoms with Crippen LogP contribution in [-0.4, -0.2) is 22.3 Å². The molecule has 1 aliphatic rings. The molecule has 0 radical (unpaired) electrons. The summed E-state index contributed by atoms with van der Waals surface area (Å²) in [7, 11) is 0. The first kappa shape index (κ1) is 10.5. The molecule has 0 aromatic carbocycles. The first-order chi connectivity index (χ1) is 6.04. The molecule has 13 heavy (non-hydrogen) atoms. The summed E-state index contributed by atoms with van der Waals surface area (Å²) in [6.07, 6.45) is 4.45. The fourth-order valence-electron chi connectivity index (χ4n) is 2.07. The van der Waals surface area contributed by atoms with Crippen LogP contribution >= 0.6 is 0 Å². The van der Waals surface area contributed by atoms with Gasteiger partial charge in [-0.15, -0.1) is 0 Å². The zero-order chi connectivity index (χ0) is 9.90. The summed E-state index contributed by atoms with van der Waals surface area (Å²) in [5, 5.41) is 18.3. The van der Waals surface area contributed by atoms with Gasteiger partial charge in [0.2, 0.25) is 0 Å². The van der Waals surface area contributed by atoms with Gasteiger partial charge >= 0.3 is 5.97 Å². The van der Waals surface area contributed by atoms with Crippen molar-refractivity contribution in [1.82, 2.24) is 0 Å². The third kappa shape index (κ3) is 2.69. The molecule has 1 saturated carbocycles. The summed E-state index contributed by atoms with van der Waals surface area (Å²) in [6.45, 7) is 2.00. The summed E-state index contributed by atoms with van der Waals surface area (Å²) in [6, 6.07) is 0. The van der Waals surface area contributed by atoms with Gasteiger partial charge in [-0.05, 0) is 24.7 Å². The SMILES string of the molecule is CC1(CCC(=O)O)CCCCC1O. The van der Waals surface area contributed by atoms with Crippen LogP contribution in [0, 0.1) is 5.41 Å². The van der Waals surface area contributed by atoms with Crippen LogP contribution < -0.4 is 0 Å². The molecule has 0 saturated heterocycles. The molecule has 1 aliphatic carbocycles. The highest BCUT2D eigenvalue weighted by Gasteiger charge is 2.35. The Morgan fingerprint density at radius 2 is 2.23 bits per heavy atom. The van der Waals surface area contributed by atoms with Crippen molar-refractivity contribution in [2.24, 2.45) is 5.41 Å². The zero-order valence-electron chi connectivity index (χ0n) is 8.12. The van der Waals surface area contributed by atoms with E-state index in [1.165, 1.54) is 0 Å². The molecule has 2 atom stereocenters. The first-order valence-electron chi connectivity index (χ1n) is 4.94. The van der Waals surface area contributed by atoms with Crippen molar-refractivity contribution in [2.45, 2.75) is 51.6 Å². The van der Waals surface area contributed by atoms with Crippen molar-refractivity contribution in [2.75, 3.05) is 0 Å². The van der Waals surface area contributed by atoms with E-state index in [1.54, 1.807) is 0 Å². The Morgan fingerprint density at radius 1 is 1.54 bits per heavy atom. The first-order valence-corrected chi connectivity index (χ1v) is 4.94. The van der Waals surface area contributed by atoms with E-state index in [9.17, 15) is 9.90 Å². The third-order valence-electron chi connectivity index (χ3n) is 3.19. The number of hydrogen-bond donors (Lipinski definition) is 2. The maximum Gasteiger partial charge on any atom is 0.303 e. The second kappa shape index (κ2) is 4.09. The van der Waals surface area contributed by atoms with Crippen molar-refractivity contribution < 1.29 is 15.0 Å². The van der Waals surface area contributed by atoms with Crippen LogP contribution in [0.15, 0.2) is 0 Å². The van der Waals surface area contributed by atoms with Gasteiger partial charge in [-0.25, -0.2) is 0 Å². The van der Waals surface area contributed by atoms with Gasteiger partial charge in [0.05, 0.1) is 6.10 Å². The van der Waals surface area contributed by atoms with Crippen LogP contribution in [0.1, 0.15) is 45.4 Å². The van der Waals surface area contributed by atoms with Gasteiger partial charge in [0.15, 0.2) is 0 Å². The number of rotatable bonds is 3. The van der Waals surface area contributed by atoms with Crippen LogP contribution in [-0.2, 0) is 4.79 Å². The van der Waals surface area contributed by atoms with Gasteiger partial charge in [-0.2, -0.15) is 0 Å². The summed E-state index contributed by atoms with van der Waals surface area (Å²) in [4.78, 5) is 10.4. The standard InChI is InChI=1S/C10H18O3/c1-10(7-5-9(12)13)6-3-2-4-8(10)11/h8,11H,2-7H2,1H3,(H,12,13). The number of aliphatic hydroxyl groups is 1. The van der Waals surface area contributed by atoms with Gasteiger partial charge in [-0.1, -0.05) is 19.8 Å². The minimum Gasteiger partial charge on any atom is -0.481 e. The van der Waals surface area contributed by atoms with Gasteiger partial charge in [0.1, 0.15) is 0 Å². The fourth-order valence-corrected chi connectivity index (χ4v) is 2.07. The molecule has 3 heteroatoms. The van der Waals surface area contributed by atoms with Crippen molar-refractivity contribution in [3.63, 3.8) is 0 Å². The number of carboxylic acids is 1. The smallest absolute Gasteiger partial charge is 0.303 e. The maximum atomic E-state index is 10.4. The molecule has 0 amide bonds. The normalized spacial score (nSPS) is 34.5. The molecule has 3 nitrogen and oxygen atoms in total. The van der Waals surface area contributed by atoms with Crippen LogP contribution in [0.2, 0.25) is 0 Å². The van der Waals surface area contributed by atoms with E-state index in [2.05, 4.69) is 0 Å². The average Bonchev–Trinajstić information content (AvgIpc) is 2.07. The van der Waals surface area contributed by atoms with E-state index in [4.69, 9.17) is 5.11 Å². The lowest BCUT2D eigenvalue weighted by molar-refractivity contribution is -0.138. The third-order valence-corrected chi connectivity index (χ3v) is 3.19. The van der Waals surface area contributed by atoms with E-state index in [0.29, 0.717) is 6.42 Å². The molecule has 2 unspecified atom stereocenters. The van der Waals surface area contributed by atoms with E-state index in [1.807, 2.05) is 6.92 Å². The molecule has 0 aliphatic heterocycles. The van der Waals surface area contributed by atoms with E-state index in [0.717, 1.165) is 25.7 Å². The number of aliphatic carboxylic acids is 1. The van der Waals surface area contributed by atoms with Gasteiger partial charge < -0.3 is 10.2 Å². The van der Waals surface area contributed by atoms with Gasteiger partial charge in [-0.3, -0.25) is 4.79 Å².